The van der Waals surface area contributed by atoms with Gasteiger partial charge in [0.15, 0.2) is 0 Å². The molecule has 0 saturated heterocycles. The number of aliphatic hydroxyl groups is 1. The fraction of sp³-hybridized carbons (Fsp3) is 0.833. The van der Waals surface area contributed by atoms with Crippen LogP contribution in [0.2, 0.25) is 0 Å². The molecule has 1 saturated carbocycles. The molecule has 1 rings (SSSR count). The van der Waals surface area contributed by atoms with Gasteiger partial charge >= 0.3 is 5.97 Å². The summed E-state index contributed by atoms with van der Waals surface area (Å²) in [5.74, 6) is -1.49. The number of aliphatic carboxylic acids is 1. The van der Waals surface area contributed by atoms with Crippen LogP contribution in [0.25, 0.3) is 0 Å². The first-order chi connectivity index (χ1) is 7.79. The number of rotatable bonds is 4. The van der Waals surface area contributed by atoms with Crippen molar-refractivity contribution in [2.24, 2.45) is 11.8 Å². The largest absolute Gasteiger partial charge is 0.481 e. The van der Waals surface area contributed by atoms with Crippen molar-refractivity contribution in [3.8, 4) is 0 Å². The van der Waals surface area contributed by atoms with Gasteiger partial charge in [0.25, 0.3) is 0 Å². The molecule has 0 aromatic heterocycles. The van der Waals surface area contributed by atoms with Crippen LogP contribution in [0.1, 0.15) is 33.1 Å². The Labute approximate surface area is 101 Å². The second-order valence-electron chi connectivity index (χ2n) is 5.41. The summed E-state index contributed by atoms with van der Waals surface area (Å²) >= 11 is 0. The summed E-state index contributed by atoms with van der Waals surface area (Å²) in [6, 6.07) is 0. The molecule has 2 atom stereocenters. The summed E-state index contributed by atoms with van der Waals surface area (Å²) < 4.78 is 0. The number of aliphatic hydroxyl groups excluding tert-OH is 1. The predicted octanol–water partition coefficient (Wildman–Crippen LogP) is 0.717. The first-order valence-electron chi connectivity index (χ1n) is 5.91. The Bertz CT molecular complexity index is 314. The van der Waals surface area contributed by atoms with E-state index in [9.17, 15) is 14.7 Å². The summed E-state index contributed by atoms with van der Waals surface area (Å²) in [4.78, 5) is 24.5. The molecule has 1 fully saturated rings. The van der Waals surface area contributed by atoms with E-state index < -0.39 is 17.4 Å². The van der Waals surface area contributed by atoms with Crippen LogP contribution < -0.4 is 0 Å². The van der Waals surface area contributed by atoms with Gasteiger partial charge in [-0.25, -0.2) is 0 Å². The number of nitrogens with zero attached hydrogens (tertiary/aromatic N) is 1. The highest BCUT2D eigenvalue weighted by atomic mass is 16.4. The van der Waals surface area contributed by atoms with Gasteiger partial charge in [-0.2, -0.15) is 0 Å². The molecule has 5 nitrogen and oxygen atoms in total. The maximum Gasteiger partial charge on any atom is 0.306 e. The molecule has 0 spiro atoms. The SMILES string of the molecule is CN(C(=O)[C@@H]1CC[C@H](C(=O)O)C1)C(C)(C)CO. The van der Waals surface area contributed by atoms with E-state index in [1.54, 1.807) is 20.9 Å². The van der Waals surface area contributed by atoms with Crippen molar-refractivity contribution in [3.05, 3.63) is 0 Å². The zero-order valence-corrected chi connectivity index (χ0v) is 10.6. The Hall–Kier alpha value is -1.10. The van der Waals surface area contributed by atoms with Gasteiger partial charge in [-0.1, -0.05) is 0 Å². The molecule has 0 aromatic carbocycles. The van der Waals surface area contributed by atoms with Gasteiger partial charge in [0.2, 0.25) is 5.91 Å². The number of carbonyl (C=O) groups excluding carboxylic acids is 1. The number of amides is 1. The van der Waals surface area contributed by atoms with E-state index in [2.05, 4.69) is 0 Å². The molecule has 0 radical (unpaired) electrons. The third kappa shape index (κ3) is 2.97. The number of likely N-dealkylation sites (N-methyl/N-ethyl adjacent to an activating group) is 1. The summed E-state index contributed by atoms with van der Waals surface area (Å²) in [6.45, 7) is 3.47. The molecule has 0 aromatic rings. The van der Waals surface area contributed by atoms with E-state index in [4.69, 9.17) is 5.11 Å². The minimum atomic E-state index is -0.815. The number of carbonyl (C=O) groups is 2. The van der Waals surface area contributed by atoms with Crippen LogP contribution in [0, 0.1) is 11.8 Å². The van der Waals surface area contributed by atoms with Gasteiger partial charge in [0.05, 0.1) is 18.1 Å². The molecule has 5 heteroatoms. The smallest absolute Gasteiger partial charge is 0.306 e. The van der Waals surface area contributed by atoms with Gasteiger partial charge in [-0.05, 0) is 33.1 Å². The van der Waals surface area contributed by atoms with Crippen LogP contribution in [0.3, 0.4) is 0 Å². The number of hydrogen-bond donors (Lipinski definition) is 2. The Morgan fingerprint density at radius 1 is 1.29 bits per heavy atom. The highest BCUT2D eigenvalue weighted by Gasteiger charge is 2.38. The Kier molecular flexibility index (Phi) is 4.14. The van der Waals surface area contributed by atoms with Crippen molar-refractivity contribution in [2.75, 3.05) is 13.7 Å². The number of carboxylic acid groups (broad SMARTS) is 1. The zero-order chi connectivity index (χ0) is 13.2. The lowest BCUT2D eigenvalue weighted by Gasteiger charge is -2.35. The van der Waals surface area contributed by atoms with Crippen molar-refractivity contribution >= 4 is 11.9 Å². The number of hydrogen-bond acceptors (Lipinski definition) is 3. The maximum atomic E-state index is 12.1. The van der Waals surface area contributed by atoms with Crippen molar-refractivity contribution < 1.29 is 19.8 Å². The Morgan fingerprint density at radius 3 is 2.24 bits per heavy atom. The van der Waals surface area contributed by atoms with Crippen molar-refractivity contribution in [1.82, 2.24) is 4.90 Å². The molecule has 98 valence electrons. The first kappa shape index (κ1) is 14.0. The number of carboxylic acids is 1. The normalized spacial score (nSPS) is 24.7. The minimum Gasteiger partial charge on any atom is -0.481 e. The monoisotopic (exact) mass is 243 g/mol. The maximum absolute atomic E-state index is 12.1. The summed E-state index contributed by atoms with van der Waals surface area (Å²) in [6.07, 6.45) is 1.61. The lowest BCUT2D eigenvalue weighted by atomic mass is 9.99. The lowest BCUT2D eigenvalue weighted by molar-refractivity contribution is -0.142. The quantitative estimate of drug-likeness (QED) is 0.762. The summed E-state index contributed by atoms with van der Waals surface area (Å²) in [5.41, 5.74) is -0.599. The highest BCUT2D eigenvalue weighted by molar-refractivity contribution is 5.81. The van der Waals surface area contributed by atoms with E-state index in [0.29, 0.717) is 19.3 Å². The molecule has 1 aliphatic rings. The lowest BCUT2D eigenvalue weighted by Crippen LogP contribution is -2.49. The fourth-order valence-corrected chi connectivity index (χ4v) is 2.11. The van der Waals surface area contributed by atoms with E-state index >= 15 is 0 Å². The van der Waals surface area contributed by atoms with Gasteiger partial charge in [0.1, 0.15) is 0 Å². The van der Waals surface area contributed by atoms with Crippen LogP contribution in [-0.4, -0.2) is 46.2 Å². The predicted molar refractivity (Wildman–Crippen MR) is 62.4 cm³/mol. The third-order valence-corrected chi connectivity index (χ3v) is 3.76. The van der Waals surface area contributed by atoms with Crippen molar-refractivity contribution in [3.63, 3.8) is 0 Å². The highest BCUT2D eigenvalue weighted by Crippen LogP contribution is 2.33. The average Bonchev–Trinajstić information content (AvgIpc) is 2.76. The molecule has 1 amide bonds. The second-order valence-corrected chi connectivity index (χ2v) is 5.41. The third-order valence-electron chi connectivity index (χ3n) is 3.76. The summed E-state index contributed by atoms with van der Waals surface area (Å²) in [5, 5.41) is 18.1. The average molecular weight is 243 g/mol. The second kappa shape index (κ2) is 5.04. The molecule has 0 aliphatic heterocycles. The standard InChI is InChI=1S/C12H21NO4/c1-12(2,7-14)13(3)10(15)8-4-5-9(6-8)11(16)17/h8-9,14H,4-7H2,1-3H3,(H,16,17)/t8-,9+/m1/s1. The van der Waals surface area contributed by atoms with Gasteiger partial charge in [0, 0.05) is 13.0 Å². The van der Waals surface area contributed by atoms with Crippen LogP contribution in [0.15, 0.2) is 0 Å². The van der Waals surface area contributed by atoms with Crippen molar-refractivity contribution in [2.45, 2.75) is 38.6 Å². The molecule has 17 heavy (non-hydrogen) atoms. The first-order valence-corrected chi connectivity index (χ1v) is 5.91. The zero-order valence-electron chi connectivity index (χ0n) is 10.6. The summed E-state index contributed by atoms with van der Waals surface area (Å²) in [7, 11) is 1.66. The Morgan fingerprint density at radius 2 is 1.82 bits per heavy atom. The minimum absolute atomic E-state index is 0.0622. The van der Waals surface area contributed by atoms with Gasteiger partial charge in [-0.15, -0.1) is 0 Å². The molecule has 0 unspecified atom stereocenters. The van der Waals surface area contributed by atoms with Gasteiger partial charge < -0.3 is 15.1 Å². The van der Waals surface area contributed by atoms with E-state index in [1.807, 2.05) is 0 Å². The topological polar surface area (TPSA) is 77.8 Å². The molecule has 0 bridgehead atoms. The molecular formula is C12H21NO4. The van der Waals surface area contributed by atoms with E-state index in [-0.39, 0.29) is 18.4 Å². The van der Waals surface area contributed by atoms with E-state index in [1.165, 1.54) is 4.90 Å². The van der Waals surface area contributed by atoms with Gasteiger partial charge in [-0.3, -0.25) is 9.59 Å². The van der Waals surface area contributed by atoms with Crippen LogP contribution >= 0.6 is 0 Å². The Balaban J connectivity index is 2.64. The molecule has 2 N–H and O–H groups in total. The van der Waals surface area contributed by atoms with E-state index in [0.717, 1.165) is 0 Å². The van der Waals surface area contributed by atoms with Crippen molar-refractivity contribution in [1.29, 1.82) is 0 Å². The molecule has 0 heterocycles. The van der Waals surface area contributed by atoms with Crippen LogP contribution in [0.4, 0.5) is 0 Å². The van der Waals surface area contributed by atoms with Crippen LogP contribution in [-0.2, 0) is 9.59 Å². The fourth-order valence-electron chi connectivity index (χ4n) is 2.11. The molecular weight excluding hydrogens is 222 g/mol. The molecule has 1 aliphatic carbocycles. The van der Waals surface area contributed by atoms with Crippen LogP contribution in [0.5, 0.6) is 0 Å².